The SMILES string of the molecule is CCNC(=NCCc1ccc(F)cc1)NCCNC(=O)c1cccc(OC)c1.I. The smallest absolute Gasteiger partial charge is 0.251 e. The van der Waals surface area contributed by atoms with Gasteiger partial charge in [-0.1, -0.05) is 18.2 Å². The topological polar surface area (TPSA) is 74.8 Å². The molecule has 0 aliphatic carbocycles. The summed E-state index contributed by atoms with van der Waals surface area (Å²) in [6.45, 7) is 4.30. The number of aliphatic imine (C=N–C) groups is 1. The van der Waals surface area contributed by atoms with Crippen molar-refractivity contribution in [3.8, 4) is 5.75 Å². The molecule has 0 unspecified atom stereocenters. The highest BCUT2D eigenvalue weighted by Gasteiger charge is 2.06. The molecule has 2 rings (SSSR count). The number of hydrogen-bond donors (Lipinski definition) is 3. The fraction of sp³-hybridized carbons (Fsp3) is 0.333. The van der Waals surface area contributed by atoms with Crippen LogP contribution in [0.15, 0.2) is 53.5 Å². The number of hydrogen-bond acceptors (Lipinski definition) is 3. The molecule has 6 nitrogen and oxygen atoms in total. The lowest BCUT2D eigenvalue weighted by atomic mass is 10.1. The number of rotatable bonds is 9. The summed E-state index contributed by atoms with van der Waals surface area (Å²) in [7, 11) is 1.57. The van der Waals surface area contributed by atoms with Crippen LogP contribution < -0.4 is 20.7 Å². The number of carbonyl (C=O) groups excluding carboxylic acids is 1. The van der Waals surface area contributed by atoms with Crippen LogP contribution in [0, 0.1) is 5.82 Å². The van der Waals surface area contributed by atoms with E-state index in [0.717, 1.165) is 18.5 Å². The Hall–Kier alpha value is -2.36. The number of benzene rings is 2. The van der Waals surface area contributed by atoms with Crippen molar-refractivity contribution < 1.29 is 13.9 Å². The molecular weight excluding hydrogens is 486 g/mol. The second-order valence-electron chi connectivity index (χ2n) is 6.05. The van der Waals surface area contributed by atoms with E-state index in [0.29, 0.717) is 36.9 Å². The van der Waals surface area contributed by atoms with E-state index >= 15 is 0 Å². The molecule has 0 aliphatic heterocycles. The molecular formula is C21H28FIN4O2. The van der Waals surface area contributed by atoms with Crippen LogP contribution in [0.1, 0.15) is 22.8 Å². The van der Waals surface area contributed by atoms with E-state index in [4.69, 9.17) is 4.74 Å². The molecule has 2 aromatic rings. The summed E-state index contributed by atoms with van der Waals surface area (Å²) in [5.74, 6) is 0.936. The van der Waals surface area contributed by atoms with Gasteiger partial charge in [-0.3, -0.25) is 9.79 Å². The third-order valence-electron chi connectivity index (χ3n) is 3.96. The summed E-state index contributed by atoms with van der Waals surface area (Å²) < 4.78 is 18.1. The van der Waals surface area contributed by atoms with Gasteiger partial charge in [-0.05, 0) is 49.2 Å². The minimum Gasteiger partial charge on any atom is -0.497 e. The van der Waals surface area contributed by atoms with Crippen LogP contribution in [-0.4, -0.2) is 45.2 Å². The van der Waals surface area contributed by atoms with Gasteiger partial charge in [-0.15, -0.1) is 24.0 Å². The molecule has 3 N–H and O–H groups in total. The first-order valence-electron chi connectivity index (χ1n) is 9.31. The highest BCUT2D eigenvalue weighted by molar-refractivity contribution is 14.0. The summed E-state index contributed by atoms with van der Waals surface area (Å²) >= 11 is 0. The molecule has 0 saturated heterocycles. The molecule has 0 aromatic heterocycles. The highest BCUT2D eigenvalue weighted by atomic mass is 127. The summed E-state index contributed by atoms with van der Waals surface area (Å²) in [6, 6.07) is 13.4. The van der Waals surface area contributed by atoms with Crippen molar-refractivity contribution in [3.05, 3.63) is 65.5 Å². The minimum absolute atomic E-state index is 0. The van der Waals surface area contributed by atoms with Crippen LogP contribution in [0.25, 0.3) is 0 Å². The van der Waals surface area contributed by atoms with Gasteiger partial charge < -0.3 is 20.7 Å². The molecule has 0 radical (unpaired) electrons. The predicted octanol–water partition coefficient (Wildman–Crippen LogP) is 2.98. The first-order chi connectivity index (χ1) is 13.6. The van der Waals surface area contributed by atoms with Crippen molar-refractivity contribution in [1.29, 1.82) is 0 Å². The number of halogens is 2. The summed E-state index contributed by atoms with van der Waals surface area (Å²) in [4.78, 5) is 16.7. The van der Waals surface area contributed by atoms with Crippen LogP contribution in [0.4, 0.5) is 4.39 Å². The molecule has 0 spiro atoms. The van der Waals surface area contributed by atoms with Crippen molar-refractivity contribution in [2.24, 2.45) is 4.99 Å². The number of nitrogens with zero attached hydrogens (tertiary/aromatic N) is 1. The third kappa shape index (κ3) is 9.12. The second-order valence-corrected chi connectivity index (χ2v) is 6.05. The Morgan fingerprint density at radius 2 is 1.79 bits per heavy atom. The van der Waals surface area contributed by atoms with Crippen molar-refractivity contribution >= 4 is 35.8 Å². The molecule has 0 aliphatic rings. The lowest BCUT2D eigenvalue weighted by Crippen LogP contribution is -2.41. The van der Waals surface area contributed by atoms with Crippen LogP contribution in [0.5, 0.6) is 5.75 Å². The van der Waals surface area contributed by atoms with E-state index in [1.807, 2.05) is 6.92 Å². The molecule has 1 amide bonds. The van der Waals surface area contributed by atoms with Crippen LogP contribution in [0.2, 0.25) is 0 Å². The summed E-state index contributed by atoms with van der Waals surface area (Å²) in [5.41, 5.74) is 1.59. The Morgan fingerprint density at radius 3 is 2.48 bits per heavy atom. The zero-order valence-corrected chi connectivity index (χ0v) is 19.0. The molecule has 0 heterocycles. The Balaban J connectivity index is 0.00000420. The average molecular weight is 514 g/mol. The Kier molecular flexibility index (Phi) is 11.7. The van der Waals surface area contributed by atoms with Gasteiger partial charge in [-0.25, -0.2) is 4.39 Å². The van der Waals surface area contributed by atoms with E-state index in [9.17, 15) is 9.18 Å². The van der Waals surface area contributed by atoms with Gasteiger partial charge in [-0.2, -0.15) is 0 Å². The third-order valence-corrected chi connectivity index (χ3v) is 3.96. The van der Waals surface area contributed by atoms with Gasteiger partial charge >= 0.3 is 0 Å². The monoisotopic (exact) mass is 514 g/mol. The zero-order chi connectivity index (χ0) is 20.2. The van der Waals surface area contributed by atoms with E-state index < -0.39 is 0 Å². The largest absolute Gasteiger partial charge is 0.497 e. The summed E-state index contributed by atoms with van der Waals surface area (Å²) in [5, 5.41) is 9.21. The fourth-order valence-corrected chi connectivity index (χ4v) is 2.51. The van der Waals surface area contributed by atoms with Crippen LogP contribution in [-0.2, 0) is 6.42 Å². The minimum atomic E-state index is -0.238. The second kappa shape index (κ2) is 13.8. The lowest BCUT2D eigenvalue weighted by molar-refractivity contribution is 0.0954. The van der Waals surface area contributed by atoms with Gasteiger partial charge in [0.1, 0.15) is 11.6 Å². The standard InChI is InChI=1S/C21H27FN4O2.HI/c1-3-23-21(25-12-11-16-7-9-18(22)10-8-16)26-14-13-24-20(27)17-5-4-6-19(15-17)28-2;/h4-10,15H,3,11-14H2,1-2H3,(H,24,27)(H2,23,25,26);1H. The Morgan fingerprint density at radius 1 is 1.07 bits per heavy atom. The zero-order valence-electron chi connectivity index (χ0n) is 16.7. The quantitative estimate of drug-likeness (QED) is 0.208. The number of amides is 1. The normalized spacial score (nSPS) is 10.7. The molecule has 158 valence electrons. The van der Waals surface area contributed by atoms with Gasteiger partial charge in [0.2, 0.25) is 0 Å². The maximum absolute atomic E-state index is 12.9. The van der Waals surface area contributed by atoms with Crippen molar-refractivity contribution in [1.82, 2.24) is 16.0 Å². The Labute approximate surface area is 188 Å². The van der Waals surface area contributed by atoms with Crippen LogP contribution >= 0.6 is 24.0 Å². The predicted molar refractivity (Wildman–Crippen MR) is 125 cm³/mol. The van der Waals surface area contributed by atoms with Crippen molar-refractivity contribution in [3.63, 3.8) is 0 Å². The fourth-order valence-electron chi connectivity index (χ4n) is 2.51. The number of carbonyl (C=O) groups is 1. The maximum atomic E-state index is 12.9. The number of nitrogens with one attached hydrogen (secondary N) is 3. The van der Waals surface area contributed by atoms with Gasteiger partial charge in [0.15, 0.2) is 5.96 Å². The molecule has 29 heavy (non-hydrogen) atoms. The van der Waals surface area contributed by atoms with Gasteiger partial charge in [0.05, 0.1) is 7.11 Å². The molecule has 8 heteroatoms. The van der Waals surface area contributed by atoms with Crippen LogP contribution in [0.3, 0.4) is 0 Å². The number of ether oxygens (including phenoxy) is 1. The molecule has 0 bridgehead atoms. The van der Waals surface area contributed by atoms with Crippen molar-refractivity contribution in [2.45, 2.75) is 13.3 Å². The van der Waals surface area contributed by atoms with E-state index in [1.54, 1.807) is 43.5 Å². The highest BCUT2D eigenvalue weighted by Crippen LogP contribution is 2.12. The van der Waals surface area contributed by atoms with E-state index in [1.165, 1.54) is 12.1 Å². The molecule has 2 aromatic carbocycles. The first-order valence-corrected chi connectivity index (χ1v) is 9.31. The lowest BCUT2D eigenvalue weighted by Gasteiger charge is -2.12. The molecule has 0 fully saturated rings. The van der Waals surface area contributed by atoms with E-state index in [2.05, 4.69) is 20.9 Å². The van der Waals surface area contributed by atoms with Gasteiger partial charge in [0, 0.05) is 31.7 Å². The molecule has 0 saturated carbocycles. The number of guanidine groups is 1. The first kappa shape index (κ1) is 24.7. The van der Waals surface area contributed by atoms with Crippen molar-refractivity contribution in [2.75, 3.05) is 33.3 Å². The Bertz CT molecular complexity index is 785. The average Bonchev–Trinajstić information content (AvgIpc) is 2.72. The maximum Gasteiger partial charge on any atom is 0.251 e. The number of methoxy groups -OCH3 is 1. The molecule has 0 atom stereocenters. The summed E-state index contributed by atoms with van der Waals surface area (Å²) in [6.07, 6.45) is 0.726. The van der Waals surface area contributed by atoms with E-state index in [-0.39, 0.29) is 35.7 Å². The van der Waals surface area contributed by atoms with Gasteiger partial charge in [0.25, 0.3) is 5.91 Å².